The lowest BCUT2D eigenvalue weighted by Crippen LogP contribution is -2.59. The number of hydrogen-bond donors (Lipinski definition) is 3. The van der Waals surface area contributed by atoms with Gasteiger partial charge in [0, 0.05) is 0 Å². The van der Waals surface area contributed by atoms with Crippen LogP contribution in [0.15, 0.2) is 0 Å². The Kier molecular flexibility index (Phi) is 4.36. The first-order valence-corrected chi connectivity index (χ1v) is 5.25. The lowest BCUT2D eigenvalue weighted by Gasteiger charge is -2.41. The van der Waals surface area contributed by atoms with Crippen LogP contribution in [0.5, 0.6) is 0 Å². The van der Waals surface area contributed by atoms with Gasteiger partial charge in [-0.3, -0.25) is 0 Å². The second-order valence-electron chi connectivity index (χ2n) is 4.81. The Labute approximate surface area is 100 Å². The molecule has 0 aromatic rings. The summed E-state index contributed by atoms with van der Waals surface area (Å²) in [6.07, 6.45) is 0.177. The zero-order valence-corrected chi connectivity index (χ0v) is 10.0. The largest absolute Gasteiger partial charge is 0.412 e. The molecular formula is C11H18O6. The maximum Gasteiger partial charge on any atom is 0.241 e. The van der Waals surface area contributed by atoms with Gasteiger partial charge in [-0.2, -0.15) is 0 Å². The van der Waals surface area contributed by atoms with Crippen molar-refractivity contribution in [3.63, 3.8) is 0 Å². The zero-order valence-electron chi connectivity index (χ0n) is 10.0. The van der Waals surface area contributed by atoms with Gasteiger partial charge in [-0.05, 0) is 20.8 Å². The lowest BCUT2D eigenvalue weighted by molar-refractivity contribution is -0.353. The van der Waals surface area contributed by atoms with Crippen LogP contribution < -0.4 is 0 Å². The van der Waals surface area contributed by atoms with Gasteiger partial charge < -0.3 is 29.5 Å². The van der Waals surface area contributed by atoms with Crippen molar-refractivity contribution < 1.29 is 29.5 Å². The van der Waals surface area contributed by atoms with Crippen LogP contribution in [0.25, 0.3) is 0 Å². The maximum absolute atomic E-state index is 9.69. The highest BCUT2D eigenvalue weighted by Gasteiger charge is 2.46. The molecule has 5 atom stereocenters. The smallest absolute Gasteiger partial charge is 0.241 e. The third-order valence-corrected chi connectivity index (χ3v) is 2.18. The van der Waals surface area contributed by atoms with Crippen LogP contribution >= 0.6 is 0 Å². The molecule has 5 unspecified atom stereocenters. The lowest BCUT2D eigenvalue weighted by atomic mass is 10.0. The minimum atomic E-state index is -1.45. The fraction of sp³-hybridized carbons (Fsp3) is 0.818. The van der Waals surface area contributed by atoms with Crippen LogP contribution in [-0.4, -0.2) is 51.8 Å². The Hall–Kier alpha value is -0.840. The van der Waals surface area contributed by atoms with Gasteiger partial charge in [0.1, 0.15) is 24.4 Å². The quantitative estimate of drug-likeness (QED) is 0.551. The summed E-state index contributed by atoms with van der Waals surface area (Å²) in [5.41, 5.74) is -0.589. The molecule has 1 fully saturated rings. The van der Waals surface area contributed by atoms with Crippen molar-refractivity contribution in [2.24, 2.45) is 0 Å². The van der Waals surface area contributed by atoms with Crippen molar-refractivity contribution >= 4 is 0 Å². The average molecular weight is 246 g/mol. The predicted molar refractivity (Wildman–Crippen MR) is 57.4 cm³/mol. The Bertz CT molecular complexity index is 291. The van der Waals surface area contributed by atoms with Crippen LogP contribution in [-0.2, 0) is 14.2 Å². The van der Waals surface area contributed by atoms with Crippen molar-refractivity contribution in [1.29, 1.82) is 0 Å². The first kappa shape index (κ1) is 14.2. The van der Waals surface area contributed by atoms with Gasteiger partial charge in [0.15, 0.2) is 6.29 Å². The molecule has 98 valence electrons. The molecule has 1 aliphatic heterocycles. The number of hydrogen-bond acceptors (Lipinski definition) is 6. The van der Waals surface area contributed by atoms with Crippen molar-refractivity contribution in [2.45, 2.75) is 57.3 Å². The highest BCUT2D eigenvalue weighted by atomic mass is 16.8. The summed E-state index contributed by atoms with van der Waals surface area (Å²) in [6, 6.07) is 0. The molecular weight excluding hydrogens is 228 g/mol. The molecule has 3 N–H and O–H groups in total. The van der Waals surface area contributed by atoms with E-state index < -0.39 is 36.5 Å². The molecule has 1 aliphatic rings. The van der Waals surface area contributed by atoms with Crippen LogP contribution in [0, 0.1) is 12.5 Å². The number of aliphatic hydroxyl groups is 3. The molecule has 0 aromatic carbocycles. The Morgan fingerprint density at radius 3 is 2.06 bits per heavy atom. The van der Waals surface area contributed by atoms with E-state index >= 15 is 0 Å². The Morgan fingerprint density at radius 2 is 1.59 bits per heavy atom. The normalized spacial score (nSPS) is 38.5. The summed E-state index contributed by atoms with van der Waals surface area (Å²) in [5, 5.41) is 28.8. The van der Waals surface area contributed by atoms with E-state index in [4.69, 9.17) is 15.9 Å². The highest BCUT2D eigenvalue weighted by molar-refractivity contribution is 4.88. The van der Waals surface area contributed by atoms with Gasteiger partial charge in [-0.25, -0.2) is 0 Å². The summed E-state index contributed by atoms with van der Waals surface area (Å²) < 4.78 is 15.2. The highest BCUT2D eigenvalue weighted by Crippen LogP contribution is 2.25. The SMILES string of the molecule is C#COC1OC(OC(C)(C)C)C(O)C(O)C1O. The Morgan fingerprint density at radius 1 is 1.06 bits per heavy atom. The average Bonchev–Trinajstić information content (AvgIpc) is 2.20. The van der Waals surface area contributed by atoms with E-state index in [1.165, 1.54) is 0 Å². The van der Waals surface area contributed by atoms with Crippen molar-refractivity contribution in [2.75, 3.05) is 0 Å². The van der Waals surface area contributed by atoms with Crippen molar-refractivity contribution in [3.05, 3.63) is 0 Å². The third-order valence-electron chi connectivity index (χ3n) is 2.18. The van der Waals surface area contributed by atoms with Crippen LogP contribution in [0.2, 0.25) is 0 Å². The minimum Gasteiger partial charge on any atom is -0.412 e. The summed E-state index contributed by atoms with van der Waals surface area (Å²) >= 11 is 0. The monoisotopic (exact) mass is 246 g/mol. The van der Waals surface area contributed by atoms with E-state index in [-0.39, 0.29) is 0 Å². The third kappa shape index (κ3) is 3.56. The van der Waals surface area contributed by atoms with Gasteiger partial charge in [-0.1, -0.05) is 6.42 Å². The maximum atomic E-state index is 9.69. The van der Waals surface area contributed by atoms with E-state index in [1.54, 1.807) is 20.8 Å². The molecule has 0 aromatic heterocycles. The van der Waals surface area contributed by atoms with E-state index in [9.17, 15) is 15.3 Å². The van der Waals surface area contributed by atoms with Gasteiger partial charge >= 0.3 is 0 Å². The summed E-state index contributed by atoms with van der Waals surface area (Å²) in [6.45, 7) is 5.28. The number of rotatable bonds is 2. The summed E-state index contributed by atoms with van der Waals surface area (Å²) in [7, 11) is 0. The van der Waals surface area contributed by atoms with Crippen molar-refractivity contribution in [3.8, 4) is 12.5 Å². The predicted octanol–water partition coefficient (Wildman–Crippen LogP) is -0.826. The van der Waals surface area contributed by atoms with Crippen molar-refractivity contribution in [1.82, 2.24) is 0 Å². The molecule has 0 saturated carbocycles. The van der Waals surface area contributed by atoms with Gasteiger partial charge in [0.25, 0.3) is 0 Å². The van der Waals surface area contributed by atoms with Gasteiger partial charge in [0.05, 0.1) is 5.60 Å². The van der Waals surface area contributed by atoms with Gasteiger partial charge in [-0.15, -0.1) is 0 Å². The molecule has 17 heavy (non-hydrogen) atoms. The van der Waals surface area contributed by atoms with Crippen LogP contribution in [0.1, 0.15) is 20.8 Å². The van der Waals surface area contributed by atoms with E-state index in [0.29, 0.717) is 0 Å². The van der Waals surface area contributed by atoms with E-state index in [1.807, 2.05) is 6.11 Å². The van der Waals surface area contributed by atoms with Crippen LogP contribution in [0.4, 0.5) is 0 Å². The standard InChI is InChI=1S/C11H18O6/c1-5-15-9-7(13)6(12)8(14)10(16-9)17-11(2,3)4/h1,6-10,12-14H,2-4H3. The Balaban J connectivity index is 2.75. The summed E-state index contributed by atoms with van der Waals surface area (Å²) in [5.74, 6) is 0. The molecule has 0 amide bonds. The molecule has 1 heterocycles. The number of terminal acetylenes is 1. The fourth-order valence-corrected chi connectivity index (χ4v) is 1.43. The first-order valence-electron chi connectivity index (χ1n) is 5.25. The molecule has 0 spiro atoms. The molecule has 6 heteroatoms. The molecule has 0 aliphatic carbocycles. The van der Waals surface area contributed by atoms with E-state index in [0.717, 1.165) is 0 Å². The second kappa shape index (κ2) is 5.21. The zero-order chi connectivity index (χ0) is 13.2. The second-order valence-corrected chi connectivity index (χ2v) is 4.81. The molecule has 0 radical (unpaired) electrons. The topological polar surface area (TPSA) is 88.4 Å². The molecule has 1 rings (SSSR count). The molecule has 1 saturated heterocycles. The van der Waals surface area contributed by atoms with Crippen LogP contribution in [0.3, 0.4) is 0 Å². The minimum absolute atomic E-state index is 0.589. The van der Waals surface area contributed by atoms with E-state index in [2.05, 4.69) is 4.74 Å². The fourth-order valence-electron chi connectivity index (χ4n) is 1.43. The van der Waals surface area contributed by atoms with Gasteiger partial charge in [0.2, 0.25) is 6.29 Å². The molecule has 0 bridgehead atoms. The first-order chi connectivity index (χ1) is 7.76. The summed E-state index contributed by atoms with van der Waals surface area (Å²) in [4.78, 5) is 0. The number of aliphatic hydroxyl groups excluding tert-OH is 3. The molecule has 6 nitrogen and oxygen atoms in total. The number of ether oxygens (including phenoxy) is 3.